The van der Waals surface area contributed by atoms with Crippen LogP contribution in [0.4, 0.5) is 5.69 Å². The van der Waals surface area contributed by atoms with Crippen molar-refractivity contribution in [3.63, 3.8) is 0 Å². The maximum Gasteiger partial charge on any atom is 0.0366 e. The molecule has 2 aromatic rings. The van der Waals surface area contributed by atoms with Gasteiger partial charge >= 0.3 is 0 Å². The molecule has 0 atom stereocenters. The molecule has 3 N–H and O–H groups in total. The Morgan fingerprint density at radius 3 is 2.94 bits per heavy atom. The summed E-state index contributed by atoms with van der Waals surface area (Å²) in [7, 11) is 0. The van der Waals surface area contributed by atoms with E-state index in [1.807, 2.05) is 17.4 Å². The van der Waals surface area contributed by atoms with E-state index in [1.165, 1.54) is 34.2 Å². The van der Waals surface area contributed by atoms with Crippen molar-refractivity contribution in [2.24, 2.45) is 0 Å². The molecule has 1 saturated carbocycles. The first kappa shape index (κ1) is 10.1. The zero-order chi connectivity index (χ0) is 11.0. The zero-order valence-corrected chi connectivity index (χ0v) is 10.0. The Hall–Kier alpha value is -1.06. The smallest absolute Gasteiger partial charge is 0.0366 e. The lowest BCUT2D eigenvalue weighted by molar-refractivity contribution is 0.339. The fourth-order valence-electron chi connectivity index (χ4n) is 2.05. The van der Waals surface area contributed by atoms with E-state index in [1.54, 1.807) is 0 Å². The SMILES string of the molecule is Nc1ccc2cc(CNC3CCC3)sc2c1. The van der Waals surface area contributed by atoms with Crippen LogP contribution in [0.2, 0.25) is 0 Å². The number of nitrogens with one attached hydrogen (secondary N) is 1. The summed E-state index contributed by atoms with van der Waals surface area (Å²) in [6.45, 7) is 1.00. The third-order valence-corrected chi connectivity index (χ3v) is 4.36. The van der Waals surface area contributed by atoms with E-state index in [0.29, 0.717) is 0 Å². The number of thiophene rings is 1. The quantitative estimate of drug-likeness (QED) is 0.798. The number of nitrogen functional groups attached to an aromatic ring is 1. The van der Waals surface area contributed by atoms with Gasteiger partial charge in [-0.05, 0) is 36.4 Å². The van der Waals surface area contributed by atoms with E-state index in [2.05, 4.69) is 23.5 Å². The molecule has 0 aliphatic heterocycles. The van der Waals surface area contributed by atoms with Gasteiger partial charge in [-0.25, -0.2) is 0 Å². The number of benzene rings is 1. The molecule has 0 amide bonds. The standard InChI is InChI=1S/C13H16N2S/c14-10-5-4-9-6-12(16-13(9)7-10)8-15-11-2-1-3-11/h4-7,11,15H,1-3,8,14H2. The highest BCUT2D eigenvalue weighted by Gasteiger charge is 2.16. The number of rotatable bonds is 3. The highest BCUT2D eigenvalue weighted by atomic mass is 32.1. The molecule has 3 rings (SSSR count). The van der Waals surface area contributed by atoms with Crippen molar-refractivity contribution in [3.8, 4) is 0 Å². The number of fused-ring (bicyclic) bond motifs is 1. The van der Waals surface area contributed by atoms with Gasteiger partial charge in [-0.3, -0.25) is 0 Å². The molecule has 0 bridgehead atoms. The molecule has 1 fully saturated rings. The van der Waals surface area contributed by atoms with Crippen LogP contribution in [0.1, 0.15) is 24.1 Å². The predicted octanol–water partition coefficient (Wildman–Crippen LogP) is 3.13. The molecule has 84 valence electrons. The molecule has 0 spiro atoms. The Morgan fingerprint density at radius 2 is 2.19 bits per heavy atom. The molecule has 1 aromatic carbocycles. The van der Waals surface area contributed by atoms with Gasteiger partial charge in [-0.1, -0.05) is 12.5 Å². The summed E-state index contributed by atoms with van der Waals surface area (Å²) >= 11 is 1.85. The van der Waals surface area contributed by atoms with Crippen LogP contribution in [0.5, 0.6) is 0 Å². The minimum Gasteiger partial charge on any atom is -0.399 e. The van der Waals surface area contributed by atoms with Crippen molar-refractivity contribution in [1.82, 2.24) is 5.32 Å². The van der Waals surface area contributed by atoms with Crippen molar-refractivity contribution >= 4 is 27.1 Å². The van der Waals surface area contributed by atoms with Crippen LogP contribution >= 0.6 is 11.3 Å². The van der Waals surface area contributed by atoms with Gasteiger partial charge in [-0.2, -0.15) is 0 Å². The Bertz CT molecular complexity index is 500. The van der Waals surface area contributed by atoms with Gasteiger partial charge in [0.1, 0.15) is 0 Å². The van der Waals surface area contributed by atoms with E-state index in [-0.39, 0.29) is 0 Å². The largest absolute Gasteiger partial charge is 0.399 e. The van der Waals surface area contributed by atoms with E-state index in [0.717, 1.165) is 18.3 Å². The highest BCUT2D eigenvalue weighted by molar-refractivity contribution is 7.19. The molecule has 3 heteroatoms. The number of hydrogen-bond acceptors (Lipinski definition) is 3. The molecule has 0 radical (unpaired) electrons. The van der Waals surface area contributed by atoms with Crippen molar-refractivity contribution in [1.29, 1.82) is 0 Å². The van der Waals surface area contributed by atoms with Crippen LogP contribution in [0, 0.1) is 0 Å². The summed E-state index contributed by atoms with van der Waals surface area (Å²) in [6.07, 6.45) is 4.08. The monoisotopic (exact) mass is 232 g/mol. The maximum absolute atomic E-state index is 5.78. The Morgan fingerprint density at radius 1 is 1.31 bits per heavy atom. The van der Waals surface area contributed by atoms with E-state index in [4.69, 9.17) is 5.73 Å². The molecule has 1 aliphatic carbocycles. The normalized spacial score (nSPS) is 16.5. The highest BCUT2D eigenvalue weighted by Crippen LogP contribution is 2.28. The fraction of sp³-hybridized carbons (Fsp3) is 0.385. The third-order valence-electron chi connectivity index (χ3n) is 3.27. The van der Waals surface area contributed by atoms with Gasteiger partial charge in [0.15, 0.2) is 0 Å². The molecule has 0 unspecified atom stereocenters. The van der Waals surface area contributed by atoms with Crippen LogP contribution in [0.25, 0.3) is 10.1 Å². The second kappa shape index (κ2) is 4.07. The second-order valence-electron chi connectivity index (χ2n) is 4.52. The van der Waals surface area contributed by atoms with Gasteiger partial charge in [0.05, 0.1) is 0 Å². The third kappa shape index (κ3) is 1.93. The van der Waals surface area contributed by atoms with Crippen molar-refractivity contribution in [2.75, 3.05) is 5.73 Å². The molecule has 0 saturated heterocycles. The minimum atomic E-state index is 0.760. The van der Waals surface area contributed by atoms with Gasteiger partial charge in [-0.15, -0.1) is 11.3 Å². The van der Waals surface area contributed by atoms with Gasteiger partial charge < -0.3 is 11.1 Å². The van der Waals surface area contributed by atoms with E-state index >= 15 is 0 Å². The molecule has 1 aliphatic rings. The molecule has 1 heterocycles. The predicted molar refractivity (Wildman–Crippen MR) is 70.7 cm³/mol. The Kier molecular flexibility index (Phi) is 2.58. The lowest BCUT2D eigenvalue weighted by Gasteiger charge is -2.26. The van der Waals surface area contributed by atoms with Gasteiger partial charge in [0.2, 0.25) is 0 Å². The van der Waals surface area contributed by atoms with Crippen LogP contribution in [-0.4, -0.2) is 6.04 Å². The second-order valence-corrected chi connectivity index (χ2v) is 5.69. The first-order valence-electron chi connectivity index (χ1n) is 5.82. The lowest BCUT2D eigenvalue weighted by atomic mass is 9.93. The summed E-state index contributed by atoms with van der Waals surface area (Å²) in [5.41, 5.74) is 6.63. The molecule has 1 aromatic heterocycles. The minimum absolute atomic E-state index is 0.760. The summed E-state index contributed by atoms with van der Waals surface area (Å²) < 4.78 is 1.30. The van der Waals surface area contributed by atoms with Crippen LogP contribution < -0.4 is 11.1 Å². The van der Waals surface area contributed by atoms with E-state index in [9.17, 15) is 0 Å². The zero-order valence-electron chi connectivity index (χ0n) is 9.20. The van der Waals surface area contributed by atoms with Crippen molar-refractivity contribution in [2.45, 2.75) is 31.8 Å². The van der Waals surface area contributed by atoms with Crippen LogP contribution in [-0.2, 0) is 6.54 Å². The topological polar surface area (TPSA) is 38.0 Å². The van der Waals surface area contributed by atoms with Crippen molar-refractivity contribution in [3.05, 3.63) is 29.1 Å². The lowest BCUT2D eigenvalue weighted by Crippen LogP contribution is -2.34. The van der Waals surface area contributed by atoms with Gasteiger partial charge in [0, 0.05) is 27.9 Å². The Balaban J connectivity index is 1.76. The number of anilines is 1. The average Bonchev–Trinajstić information content (AvgIpc) is 2.57. The molecule has 16 heavy (non-hydrogen) atoms. The summed E-state index contributed by atoms with van der Waals surface area (Å²) in [5.74, 6) is 0. The number of hydrogen-bond donors (Lipinski definition) is 2. The van der Waals surface area contributed by atoms with Crippen LogP contribution in [0.3, 0.4) is 0 Å². The van der Waals surface area contributed by atoms with E-state index < -0.39 is 0 Å². The number of nitrogens with two attached hydrogens (primary N) is 1. The van der Waals surface area contributed by atoms with Crippen LogP contribution in [0.15, 0.2) is 24.3 Å². The first-order valence-corrected chi connectivity index (χ1v) is 6.64. The van der Waals surface area contributed by atoms with Gasteiger partial charge in [0.25, 0.3) is 0 Å². The molecule has 2 nitrogen and oxygen atoms in total. The maximum atomic E-state index is 5.78. The summed E-state index contributed by atoms with van der Waals surface area (Å²) in [6, 6.07) is 9.17. The first-order chi connectivity index (χ1) is 7.81. The average molecular weight is 232 g/mol. The molecular weight excluding hydrogens is 216 g/mol. The fourth-order valence-corrected chi connectivity index (χ4v) is 3.11. The molecular formula is C13H16N2S. The Labute approximate surface area is 99.5 Å². The summed E-state index contributed by atoms with van der Waals surface area (Å²) in [5, 5.41) is 4.90. The summed E-state index contributed by atoms with van der Waals surface area (Å²) in [4.78, 5) is 1.41. The van der Waals surface area contributed by atoms with Crippen molar-refractivity contribution < 1.29 is 0 Å².